The summed E-state index contributed by atoms with van der Waals surface area (Å²) < 4.78 is 0. The van der Waals surface area contributed by atoms with E-state index >= 15 is 0 Å². The number of hydrogen-bond acceptors (Lipinski definition) is 5. The molecule has 0 fully saturated rings. The van der Waals surface area contributed by atoms with Crippen LogP contribution in [0.15, 0.2) is 72.8 Å². The molecule has 0 aliphatic carbocycles. The van der Waals surface area contributed by atoms with Crippen LogP contribution in [0.3, 0.4) is 0 Å². The third kappa shape index (κ3) is 8.09. The van der Waals surface area contributed by atoms with E-state index in [2.05, 4.69) is 10.6 Å². The number of anilines is 1. The van der Waals surface area contributed by atoms with Gasteiger partial charge in [0.2, 0.25) is 17.7 Å². The van der Waals surface area contributed by atoms with Gasteiger partial charge in [-0.1, -0.05) is 66.2 Å². The van der Waals surface area contributed by atoms with Crippen molar-refractivity contribution in [1.82, 2.24) is 10.2 Å². The molecule has 3 aromatic rings. The average Bonchev–Trinajstić information content (AvgIpc) is 3.01. The van der Waals surface area contributed by atoms with E-state index in [1.165, 1.54) is 4.90 Å². The highest BCUT2D eigenvalue weighted by Crippen LogP contribution is 2.27. The van der Waals surface area contributed by atoms with Crippen molar-refractivity contribution in [2.45, 2.75) is 70.5 Å². The predicted molar refractivity (Wildman–Crippen MR) is 169 cm³/mol. The number of Topliss-reactive ketones (excluding diaryl/α,β-unsaturated/α-hetero) is 1. The molecular formula is C34H39ClN4O4. The number of ketones is 1. The number of aryl methyl sites for hydroxylation is 1. The largest absolute Gasteiger partial charge is 0.340 e. The second-order valence-corrected chi connectivity index (χ2v) is 11.7. The number of carbonyl (C=O) groups excluding carboxylic acids is 4. The van der Waals surface area contributed by atoms with Crippen molar-refractivity contribution in [3.05, 3.63) is 100 Å². The number of fused-ring (bicyclic) bond motifs is 1. The number of amides is 3. The van der Waals surface area contributed by atoms with E-state index in [9.17, 15) is 19.2 Å². The Morgan fingerprint density at radius 2 is 1.65 bits per heavy atom. The van der Waals surface area contributed by atoms with Crippen LogP contribution in [0, 0.1) is 6.92 Å². The summed E-state index contributed by atoms with van der Waals surface area (Å²) in [6.45, 7) is 4.25. The zero-order valence-electron chi connectivity index (χ0n) is 24.7. The van der Waals surface area contributed by atoms with Crippen LogP contribution < -0.4 is 16.4 Å². The summed E-state index contributed by atoms with van der Waals surface area (Å²) in [7, 11) is 0. The SMILES string of the molecule is Cc1cc(NC(=O)C(C)(CCCCN)NC(=O)[C@@H]2Cc3ccccc3CN2C(=O)CCC(=O)c2ccccc2)ccc1Cl. The molecule has 0 spiro atoms. The van der Waals surface area contributed by atoms with Gasteiger partial charge in [0.25, 0.3) is 0 Å². The van der Waals surface area contributed by atoms with Crippen LogP contribution in [0.5, 0.6) is 0 Å². The van der Waals surface area contributed by atoms with Crippen molar-refractivity contribution in [3.63, 3.8) is 0 Å². The van der Waals surface area contributed by atoms with Crippen LogP contribution in [-0.4, -0.2) is 46.5 Å². The first-order chi connectivity index (χ1) is 20.6. The van der Waals surface area contributed by atoms with Gasteiger partial charge in [-0.15, -0.1) is 0 Å². The maximum Gasteiger partial charge on any atom is 0.249 e. The van der Waals surface area contributed by atoms with Gasteiger partial charge in [0, 0.05) is 42.1 Å². The van der Waals surface area contributed by atoms with Crippen molar-refractivity contribution < 1.29 is 19.2 Å². The molecule has 226 valence electrons. The Hall–Kier alpha value is -4.01. The fourth-order valence-corrected chi connectivity index (χ4v) is 5.47. The first-order valence-corrected chi connectivity index (χ1v) is 15.0. The van der Waals surface area contributed by atoms with Gasteiger partial charge in [0.05, 0.1) is 0 Å². The minimum absolute atomic E-state index is 0.0240. The van der Waals surface area contributed by atoms with Crippen molar-refractivity contribution in [2.75, 3.05) is 11.9 Å². The lowest BCUT2D eigenvalue weighted by Crippen LogP contribution is -2.61. The zero-order chi connectivity index (χ0) is 31.0. The number of carbonyl (C=O) groups is 4. The van der Waals surface area contributed by atoms with Crippen LogP contribution in [0.4, 0.5) is 5.69 Å². The molecule has 2 atom stereocenters. The van der Waals surface area contributed by atoms with Gasteiger partial charge >= 0.3 is 0 Å². The Kier molecular flexibility index (Phi) is 10.7. The molecule has 3 amide bonds. The number of nitrogens with two attached hydrogens (primary N) is 1. The van der Waals surface area contributed by atoms with Crippen LogP contribution in [0.1, 0.15) is 66.1 Å². The zero-order valence-corrected chi connectivity index (χ0v) is 25.5. The summed E-state index contributed by atoms with van der Waals surface area (Å²) in [6.07, 6.45) is 1.99. The second-order valence-electron chi connectivity index (χ2n) is 11.3. The van der Waals surface area contributed by atoms with Gasteiger partial charge < -0.3 is 21.3 Å². The molecule has 3 aromatic carbocycles. The highest BCUT2D eigenvalue weighted by Gasteiger charge is 2.40. The van der Waals surface area contributed by atoms with Crippen molar-refractivity contribution in [1.29, 1.82) is 0 Å². The normalized spacial score (nSPS) is 15.6. The van der Waals surface area contributed by atoms with Gasteiger partial charge in [-0.3, -0.25) is 19.2 Å². The number of hydrogen-bond donors (Lipinski definition) is 3. The standard InChI is InChI=1S/C34H39ClN4O4/c1-23-20-27(14-15-28(23)35)37-33(43)34(2,18-8-9-19-36)38-32(42)29-21-25-12-6-7-13-26(25)22-39(29)31(41)17-16-30(40)24-10-4-3-5-11-24/h3-7,10-15,20,29H,8-9,16-19,21-22,36H2,1-2H3,(H,37,43)(H,38,42)/t29-,34?/m0/s1. The third-order valence-electron chi connectivity index (χ3n) is 7.98. The average molecular weight is 603 g/mol. The summed E-state index contributed by atoms with van der Waals surface area (Å²) in [5.74, 6) is -1.21. The predicted octanol–water partition coefficient (Wildman–Crippen LogP) is 5.21. The Morgan fingerprint density at radius 1 is 0.953 bits per heavy atom. The smallest absolute Gasteiger partial charge is 0.249 e. The Labute approximate surface area is 258 Å². The lowest BCUT2D eigenvalue weighted by atomic mass is 9.90. The monoisotopic (exact) mass is 602 g/mol. The molecule has 43 heavy (non-hydrogen) atoms. The number of benzene rings is 3. The Morgan fingerprint density at radius 3 is 2.35 bits per heavy atom. The first-order valence-electron chi connectivity index (χ1n) is 14.7. The number of nitrogens with zero attached hydrogens (tertiary/aromatic N) is 1. The Balaban J connectivity index is 1.54. The van der Waals surface area contributed by atoms with E-state index in [-0.39, 0.29) is 37.0 Å². The van der Waals surface area contributed by atoms with Gasteiger partial charge in [0.1, 0.15) is 11.6 Å². The van der Waals surface area contributed by atoms with Crippen molar-refractivity contribution in [2.24, 2.45) is 5.73 Å². The molecule has 0 saturated heterocycles. The van der Waals surface area contributed by atoms with E-state index in [1.54, 1.807) is 49.4 Å². The fourth-order valence-electron chi connectivity index (χ4n) is 5.35. The van der Waals surface area contributed by atoms with Gasteiger partial charge in [-0.25, -0.2) is 0 Å². The number of halogens is 1. The molecule has 0 bridgehead atoms. The fraction of sp³-hybridized carbons (Fsp3) is 0.353. The topological polar surface area (TPSA) is 122 Å². The molecule has 0 saturated carbocycles. The van der Waals surface area contributed by atoms with Crippen LogP contribution in [0.2, 0.25) is 5.02 Å². The van der Waals surface area contributed by atoms with Crippen LogP contribution in [-0.2, 0) is 27.3 Å². The minimum Gasteiger partial charge on any atom is -0.340 e. The lowest BCUT2D eigenvalue weighted by molar-refractivity contribution is -0.143. The lowest BCUT2D eigenvalue weighted by Gasteiger charge is -2.38. The van der Waals surface area contributed by atoms with Gasteiger partial charge in [0.15, 0.2) is 5.78 Å². The van der Waals surface area contributed by atoms with Gasteiger partial charge in [-0.05, 0) is 74.5 Å². The molecule has 4 N–H and O–H groups in total. The molecule has 0 aromatic heterocycles. The summed E-state index contributed by atoms with van der Waals surface area (Å²) >= 11 is 6.16. The van der Waals surface area contributed by atoms with E-state index in [0.717, 1.165) is 16.7 Å². The molecule has 9 heteroatoms. The van der Waals surface area contributed by atoms with Crippen molar-refractivity contribution in [3.8, 4) is 0 Å². The summed E-state index contributed by atoms with van der Waals surface area (Å²) in [5, 5.41) is 6.51. The minimum atomic E-state index is -1.27. The van der Waals surface area contributed by atoms with Crippen molar-refractivity contribution >= 4 is 40.8 Å². The maximum atomic E-state index is 14.0. The van der Waals surface area contributed by atoms with E-state index < -0.39 is 17.5 Å². The van der Waals surface area contributed by atoms with E-state index in [4.69, 9.17) is 17.3 Å². The summed E-state index contributed by atoms with van der Waals surface area (Å²) in [5.41, 5.74) is 8.30. The molecule has 1 heterocycles. The third-order valence-corrected chi connectivity index (χ3v) is 8.40. The summed E-state index contributed by atoms with van der Waals surface area (Å²) in [6, 6.07) is 20.9. The second kappa shape index (κ2) is 14.4. The van der Waals surface area contributed by atoms with Crippen LogP contribution in [0.25, 0.3) is 0 Å². The summed E-state index contributed by atoms with van der Waals surface area (Å²) in [4.78, 5) is 55.5. The molecule has 8 nitrogen and oxygen atoms in total. The molecule has 1 aliphatic heterocycles. The maximum absolute atomic E-state index is 14.0. The van der Waals surface area contributed by atoms with E-state index in [0.29, 0.717) is 48.5 Å². The molecular weight excluding hydrogens is 564 g/mol. The van der Waals surface area contributed by atoms with Gasteiger partial charge in [-0.2, -0.15) is 0 Å². The molecule has 4 rings (SSSR count). The Bertz CT molecular complexity index is 1480. The quantitative estimate of drug-likeness (QED) is 0.194. The van der Waals surface area contributed by atoms with Crippen LogP contribution >= 0.6 is 11.6 Å². The molecule has 1 unspecified atom stereocenters. The highest BCUT2D eigenvalue weighted by molar-refractivity contribution is 6.31. The number of rotatable bonds is 12. The van der Waals surface area contributed by atoms with E-state index in [1.807, 2.05) is 37.3 Å². The number of nitrogens with one attached hydrogen (secondary N) is 2. The first kappa shape index (κ1) is 31.9. The highest BCUT2D eigenvalue weighted by atomic mass is 35.5. The number of unbranched alkanes of at least 4 members (excludes halogenated alkanes) is 1. The molecule has 0 radical (unpaired) electrons. The molecule has 1 aliphatic rings.